The first-order valence-corrected chi connectivity index (χ1v) is 5.58. The molecule has 5 nitrogen and oxygen atoms in total. The van der Waals surface area contributed by atoms with Crippen LogP contribution < -0.4 is 5.32 Å². The molecule has 0 aliphatic rings. The van der Waals surface area contributed by atoms with E-state index < -0.39 is 0 Å². The van der Waals surface area contributed by atoms with Crippen LogP contribution in [0.1, 0.15) is 12.3 Å². The normalized spacial score (nSPS) is 12.9. The van der Waals surface area contributed by atoms with Gasteiger partial charge >= 0.3 is 0 Å². The van der Waals surface area contributed by atoms with Gasteiger partial charge in [-0.2, -0.15) is 0 Å². The lowest BCUT2D eigenvalue weighted by Gasteiger charge is -2.15. The molecule has 0 aliphatic heterocycles. The second-order valence-electron chi connectivity index (χ2n) is 3.95. The summed E-state index contributed by atoms with van der Waals surface area (Å²) in [4.78, 5) is 4.21. The van der Waals surface area contributed by atoms with E-state index in [9.17, 15) is 0 Å². The van der Waals surface area contributed by atoms with E-state index in [4.69, 9.17) is 14.6 Å². The minimum absolute atomic E-state index is 0.0198. The molecule has 0 radical (unpaired) electrons. The van der Waals surface area contributed by atoms with Crippen molar-refractivity contribution >= 4 is 16.8 Å². The molecule has 2 rings (SSSR count). The van der Waals surface area contributed by atoms with Crippen LogP contribution in [0.5, 0.6) is 0 Å². The molecule has 5 heteroatoms. The van der Waals surface area contributed by atoms with Gasteiger partial charge in [-0.05, 0) is 18.6 Å². The van der Waals surface area contributed by atoms with E-state index in [1.54, 1.807) is 6.92 Å². The lowest BCUT2D eigenvalue weighted by Crippen LogP contribution is -2.24. The van der Waals surface area contributed by atoms with Crippen molar-refractivity contribution in [1.82, 2.24) is 4.98 Å². The Morgan fingerprint density at radius 2 is 2.24 bits per heavy atom. The average molecular weight is 236 g/mol. The first-order chi connectivity index (χ1) is 8.22. The van der Waals surface area contributed by atoms with Crippen LogP contribution in [0.3, 0.4) is 0 Å². The van der Waals surface area contributed by atoms with E-state index in [2.05, 4.69) is 10.3 Å². The van der Waals surface area contributed by atoms with Crippen LogP contribution in [0.2, 0.25) is 0 Å². The number of hydrogen-bond donors (Lipinski definition) is 3. The Bertz CT molecular complexity index is 495. The molecular weight excluding hydrogens is 220 g/mol. The van der Waals surface area contributed by atoms with Crippen LogP contribution in [0, 0.1) is 6.92 Å². The standard InChI is InChI=1S/C12H16N2O3/c1-8-13-11-3-2-9(6-12(11)17-8)14-10(7-16)4-5-15/h2-3,6,10,14-16H,4-5,7H2,1H3. The Hall–Kier alpha value is -1.59. The van der Waals surface area contributed by atoms with Gasteiger partial charge in [-0.1, -0.05) is 0 Å². The van der Waals surface area contributed by atoms with Crippen LogP contribution in [0.15, 0.2) is 22.6 Å². The number of benzene rings is 1. The maximum atomic E-state index is 9.13. The van der Waals surface area contributed by atoms with Gasteiger partial charge in [-0.25, -0.2) is 4.98 Å². The fourth-order valence-electron chi connectivity index (χ4n) is 1.73. The minimum Gasteiger partial charge on any atom is -0.441 e. The van der Waals surface area contributed by atoms with Crippen molar-refractivity contribution in [3.05, 3.63) is 24.1 Å². The second-order valence-corrected chi connectivity index (χ2v) is 3.95. The Morgan fingerprint density at radius 1 is 1.41 bits per heavy atom. The lowest BCUT2D eigenvalue weighted by molar-refractivity contribution is 0.229. The molecule has 0 amide bonds. The molecular formula is C12H16N2O3. The van der Waals surface area contributed by atoms with Gasteiger partial charge in [0, 0.05) is 25.3 Å². The molecule has 1 aromatic carbocycles. The van der Waals surface area contributed by atoms with Gasteiger partial charge in [0.05, 0.1) is 12.6 Å². The second kappa shape index (κ2) is 5.16. The van der Waals surface area contributed by atoms with Crippen molar-refractivity contribution in [1.29, 1.82) is 0 Å². The third-order valence-electron chi connectivity index (χ3n) is 2.56. The summed E-state index contributed by atoms with van der Waals surface area (Å²) in [6, 6.07) is 5.43. The highest BCUT2D eigenvalue weighted by atomic mass is 16.3. The number of anilines is 1. The summed E-state index contributed by atoms with van der Waals surface area (Å²) in [5.41, 5.74) is 2.38. The van der Waals surface area contributed by atoms with Crippen molar-refractivity contribution in [2.45, 2.75) is 19.4 Å². The van der Waals surface area contributed by atoms with E-state index in [0.717, 1.165) is 11.2 Å². The molecule has 17 heavy (non-hydrogen) atoms. The van der Waals surface area contributed by atoms with Gasteiger partial charge in [-0.15, -0.1) is 0 Å². The Morgan fingerprint density at radius 3 is 2.94 bits per heavy atom. The van der Waals surface area contributed by atoms with Crippen molar-refractivity contribution < 1.29 is 14.6 Å². The molecule has 0 saturated heterocycles. The van der Waals surface area contributed by atoms with Crippen molar-refractivity contribution in [2.75, 3.05) is 18.5 Å². The molecule has 1 aromatic heterocycles. The van der Waals surface area contributed by atoms with Crippen LogP contribution in [0.4, 0.5) is 5.69 Å². The lowest BCUT2D eigenvalue weighted by atomic mass is 10.2. The van der Waals surface area contributed by atoms with Gasteiger partial charge in [0.25, 0.3) is 0 Å². The Labute approximate surface area is 99.1 Å². The number of nitrogens with one attached hydrogen (secondary N) is 1. The van der Waals surface area contributed by atoms with Gasteiger partial charge in [0.1, 0.15) is 5.52 Å². The van der Waals surface area contributed by atoms with Crippen LogP contribution in [-0.2, 0) is 0 Å². The fourth-order valence-corrected chi connectivity index (χ4v) is 1.73. The third kappa shape index (κ3) is 2.75. The van der Waals surface area contributed by atoms with Crippen LogP contribution in [-0.4, -0.2) is 34.5 Å². The molecule has 1 atom stereocenters. The molecule has 0 aliphatic carbocycles. The summed E-state index contributed by atoms with van der Waals surface area (Å²) >= 11 is 0. The average Bonchev–Trinajstić information content (AvgIpc) is 2.68. The molecule has 1 heterocycles. The largest absolute Gasteiger partial charge is 0.441 e. The molecule has 0 fully saturated rings. The molecule has 0 spiro atoms. The Kier molecular flexibility index (Phi) is 3.61. The molecule has 0 saturated carbocycles. The summed E-state index contributed by atoms with van der Waals surface area (Å²) in [5, 5.41) is 21.1. The van der Waals surface area contributed by atoms with Crippen molar-refractivity contribution in [3.8, 4) is 0 Å². The third-order valence-corrected chi connectivity index (χ3v) is 2.56. The summed E-state index contributed by atoms with van der Waals surface area (Å²) < 4.78 is 5.42. The van der Waals surface area contributed by atoms with Gasteiger partial charge in [-0.3, -0.25) is 0 Å². The summed E-state index contributed by atoms with van der Waals surface area (Å²) in [7, 11) is 0. The van der Waals surface area contributed by atoms with Gasteiger partial charge in [0.2, 0.25) is 0 Å². The Balaban J connectivity index is 2.17. The SMILES string of the molecule is Cc1nc2ccc(NC(CO)CCO)cc2o1. The molecule has 0 bridgehead atoms. The predicted molar refractivity (Wildman–Crippen MR) is 64.9 cm³/mol. The van der Waals surface area contributed by atoms with Crippen molar-refractivity contribution in [3.63, 3.8) is 0 Å². The highest BCUT2D eigenvalue weighted by Crippen LogP contribution is 2.20. The zero-order valence-electron chi connectivity index (χ0n) is 9.68. The van der Waals surface area contributed by atoms with Crippen molar-refractivity contribution in [2.24, 2.45) is 0 Å². The van der Waals surface area contributed by atoms with E-state index in [1.165, 1.54) is 0 Å². The quantitative estimate of drug-likeness (QED) is 0.729. The molecule has 1 unspecified atom stereocenters. The maximum absolute atomic E-state index is 9.13. The molecule has 3 N–H and O–H groups in total. The summed E-state index contributed by atoms with van der Waals surface area (Å²) in [6.45, 7) is 1.82. The number of hydrogen-bond acceptors (Lipinski definition) is 5. The first kappa shape index (κ1) is 11.9. The smallest absolute Gasteiger partial charge is 0.192 e. The zero-order valence-corrected chi connectivity index (χ0v) is 9.68. The fraction of sp³-hybridized carbons (Fsp3) is 0.417. The zero-order chi connectivity index (χ0) is 12.3. The van der Waals surface area contributed by atoms with E-state index in [0.29, 0.717) is 17.9 Å². The number of aliphatic hydroxyl groups excluding tert-OH is 2. The number of aryl methyl sites for hydroxylation is 1. The monoisotopic (exact) mass is 236 g/mol. The van der Waals surface area contributed by atoms with Gasteiger partial charge in [0.15, 0.2) is 11.5 Å². The number of fused-ring (bicyclic) bond motifs is 1. The van der Waals surface area contributed by atoms with Gasteiger partial charge < -0.3 is 19.9 Å². The highest BCUT2D eigenvalue weighted by Gasteiger charge is 2.08. The minimum atomic E-state index is -0.151. The first-order valence-electron chi connectivity index (χ1n) is 5.58. The van der Waals surface area contributed by atoms with Crippen LogP contribution >= 0.6 is 0 Å². The van der Waals surface area contributed by atoms with E-state index in [1.807, 2.05) is 18.2 Å². The number of aromatic nitrogens is 1. The highest BCUT2D eigenvalue weighted by molar-refractivity contribution is 5.77. The molecule has 2 aromatic rings. The van der Waals surface area contributed by atoms with E-state index >= 15 is 0 Å². The predicted octanol–water partition coefficient (Wildman–Crippen LogP) is 1.29. The van der Waals surface area contributed by atoms with E-state index in [-0.39, 0.29) is 19.3 Å². The summed E-state index contributed by atoms with van der Waals surface area (Å²) in [6.07, 6.45) is 0.504. The number of aliphatic hydroxyl groups is 2. The van der Waals surface area contributed by atoms with Crippen LogP contribution in [0.25, 0.3) is 11.1 Å². The summed E-state index contributed by atoms with van der Waals surface area (Å²) in [5.74, 6) is 0.631. The maximum Gasteiger partial charge on any atom is 0.192 e. The molecule has 92 valence electrons. The number of nitrogens with zero attached hydrogens (tertiary/aromatic N) is 1. The number of oxazole rings is 1. The topological polar surface area (TPSA) is 78.5 Å². The number of rotatable bonds is 5.